The summed E-state index contributed by atoms with van der Waals surface area (Å²) in [5.74, 6) is -1.62. The molecule has 1 aromatic carbocycles. The molecule has 0 saturated heterocycles. The monoisotopic (exact) mass is 171 g/mol. The van der Waals surface area contributed by atoms with Crippen LogP contribution in [0.3, 0.4) is 0 Å². The zero-order valence-electron chi connectivity index (χ0n) is 6.90. The second-order valence-electron chi connectivity index (χ2n) is 2.56. The van der Waals surface area contributed by atoms with Crippen LogP contribution >= 0.6 is 0 Å². The standard InChI is InChI=1S/C9H11F2N/c1-2-5-12-7-3-4-8(10)9(11)6-7/h3-4,6,12H,2,5H2,1H3. The van der Waals surface area contributed by atoms with Gasteiger partial charge in [-0.15, -0.1) is 0 Å². The summed E-state index contributed by atoms with van der Waals surface area (Å²) in [5, 5.41) is 2.96. The molecular weight excluding hydrogens is 160 g/mol. The van der Waals surface area contributed by atoms with E-state index >= 15 is 0 Å². The Morgan fingerprint density at radius 2 is 2.00 bits per heavy atom. The van der Waals surface area contributed by atoms with Crippen LogP contribution < -0.4 is 5.32 Å². The van der Waals surface area contributed by atoms with Crippen LogP contribution in [0.1, 0.15) is 13.3 Å². The van der Waals surface area contributed by atoms with Crippen LogP contribution in [0.4, 0.5) is 14.5 Å². The van der Waals surface area contributed by atoms with Gasteiger partial charge in [0.1, 0.15) is 0 Å². The molecule has 1 N–H and O–H groups in total. The van der Waals surface area contributed by atoms with Gasteiger partial charge in [-0.05, 0) is 24.6 Å². The van der Waals surface area contributed by atoms with Crippen molar-refractivity contribution in [2.45, 2.75) is 13.3 Å². The Morgan fingerprint density at radius 1 is 1.25 bits per heavy atom. The maximum absolute atomic E-state index is 12.6. The first-order chi connectivity index (χ1) is 5.74. The van der Waals surface area contributed by atoms with Crippen molar-refractivity contribution in [3.8, 4) is 0 Å². The number of benzene rings is 1. The maximum Gasteiger partial charge on any atom is 0.160 e. The normalized spacial score (nSPS) is 9.92. The van der Waals surface area contributed by atoms with Gasteiger partial charge >= 0.3 is 0 Å². The van der Waals surface area contributed by atoms with Gasteiger partial charge in [0.15, 0.2) is 11.6 Å². The van der Waals surface area contributed by atoms with Crippen molar-refractivity contribution in [2.24, 2.45) is 0 Å². The Bertz CT molecular complexity index is 261. The van der Waals surface area contributed by atoms with Gasteiger partial charge in [-0.3, -0.25) is 0 Å². The minimum Gasteiger partial charge on any atom is -0.385 e. The third-order valence-electron chi connectivity index (χ3n) is 1.50. The molecule has 1 rings (SSSR count). The number of halogens is 2. The zero-order valence-corrected chi connectivity index (χ0v) is 6.90. The maximum atomic E-state index is 12.6. The minimum absolute atomic E-state index is 0.621. The Balaban J connectivity index is 2.69. The van der Waals surface area contributed by atoms with E-state index in [2.05, 4.69) is 5.32 Å². The molecule has 0 bridgehead atoms. The number of hydrogen-bond acceptors (Lipinski definition) is 1. The molecule has 12 heavy (non-hydrogen) atoms. The summed E-state index contributed by atoms with van der Waals surface area (Å²) in [6.45, 7) is 2.78. The highest BCUT2D eigenvalue weighted by Gasteiger charge is 2.00. The van der Waals surface area contributed by atoms with Gasteiger partial charge in [-0.2, -0.15) is 0 Å². The van der Waals surface area contributed by atoms with Crippen molar-refractivity contribution >= 4 is 5.69 Å². The molecule has 0 radical (unpaired) electrons. The Hall–Kier alpha value is -1.12. The Kier molecular flexibility index (Phi) is 3.02. The van der Waals surface area contributed by atoms with E-state index in [1.165, 1.54) is 6.07 Å². The van der Waals surface area contributed by atoms with E-state index in [-0.39, 0.29) is 0 Å². The van der Waals surface area contributed by atoms with Gasteiger partial charge in [0.2, 0.25) is 0 Å². The number of rotatable bonds is 3. The van der Waals surface area contributed by atoms with Crippen molar-refractivity contribution < 1.29 is 8.78 Å². The second kappa shape index (κ2) is 4.04. The van der Waals surface area contributed by atoms with Gasteiger partial charge in [-0.1, -0.05) is 6.92 Å². The third kappa shape index (κ3) is 2.19. The Morgan fingerprint density at radius 3 is 2.58 bits per heavy atom. The molecule has 0 unspecified atom stereocenters. The molecule has 0 spiro atoms. The zero-order chi connectivity index (χ0) is 8.97. The van der Waals surface area contributed by atoms with E-state index in [9.17, 15) is 8.78 Å². The van der Waals surface area contributed by atoms with Crippen LogP contribution in [-0.2, 0) is 0 Å². The fourth-order valence-electron chi connectivity index (χ4n) is 0.875. The average Bonchev–Trinajstić information content (AvgIpc) is 2.07. The topological polar surface area (TPSA) is 12.0 Å². The van der Waals surface area contributed by atoms with Crippen LogP contribution in [0, 0.1) is 11.6 Å². The smallest absolute Gasteiger partial charge is 0.160 e. The molecule has 66 valence electrons. The fraction of sp³-hybridized carbons (Fsp3) is 0.333. The molecule has 0 aliphatic rings. The lowest BCUT2D eigenvalue weighted by atomic mass is 10.3. The third-order valence-corrected chi connectivity index (χ3v) is 1.50. The van der Waals surface area contributed by atoms with Crippen molar-refractivity contribution in [3.63, 3.8) is 0 Å². The van der Waals surface area contributed by atoms with Gasteiger partial charge in [-0.25, -0.2) is 8.78 Å². The SMILES string of the molecule is CCCNc1ccc(F)c(F)c1. The van der Waals surface area contributed by atoms with Crippen molar-refractivity contribution in [2.75, 3.05) is 11.9 Å². The lowest BCUT2D eigenvalue weighted by molar-refractivity contribution is 0.509. The van der Waals surface area contributed by atoms with E-state index in [1.54, 1.807) is 0 Å². The molecule has 0 saturated carbocycles. The molecule has 0 aliphatic carbocycles. The van der Waals surface area contributed by atoms with Crippen LogP contribution in [-0.4, -0.2) is 6.54 Å². The summed E-state index contributed by atoms with van der Waals surface area (Å²) in [5.41, 5.74) is 0.621. The molecule has 1 nitrogen and oxygen atoms in total. The summed E-state index contributed by atoms with van der Waals surface area (Å²) in [7, 11) is 0. The van der Waals surface area contributed by atoms with Gasteiger partial charge in [0, 0.05) is 12.2 Å². The van der Waals surface area contributed by atoms with Crippen molar-refractivity contribution in [1.82, 2.24) is 0 Å². The Labute approximate surface area is 70.4 Å². The highest BCUT2D eigenvalue weighted by molar-refractivity contribution is 5.43. The molecule has 3 heteroatoms. The van der Waals surface area contributed by atoms with E-state index in [0.29, 0.717) is 5.69 Å². The first-order valence-electron chi connectivity index (χ1n) is 3.93. The van der Waals surface area contributed by atoms with Gasteiger partial charge in [0.25, 0.3) is 0 Å². The fourth-order valence-corrected chi connectivity index (χ4v) is 0.875. The predicted molar refractivity (Wildman–Crippen MR) is 45.1 cm³/mol. The molecule has 0 heterocycles. The highest BCUT2D eigenvalue weighted by Crippen LogP contribution is 2.12. The lowest BCUT2D eigenvalue weighted by Gasteiger charge is -2.03. The van der Waals surface area contributed by atoms with Gasteiger partial charge in [0.05, 0.1) is 0 Å². The number of nitrogens with one attached hydrogen (secondary N) is 1. The van der Waals surface area contributed by atoms with E-state index < -0.39 is 11.6 Å². The lowest BCUT2D eigenvalue weighted by Crippen LogP contribution is -2.00. The molecular formula is C9H11F2N. The van der Waals surface area contributed by atoms with Crippen LogP contribution in [0.25, 0.3) is 0 Å². The van der Waals surface area contributed by atoms with Crippen LogP contribution in [0.2, 0.25) is 0 Å². The largest absolute Gasteiger partial charge is 0.385 e. The second-order valence-corrected chi connectivity index (χ2v) is 2.56. The van der Waals surface area contributed by atoms with Crippen LogP contribution in [0.15, 0.2) is 18.2 Å². The summed E-state index contributed by atoms with van der Waals surface area (Å²) in [4.78, 5) is 0. The van der Waals surface area contributed by atoms with E-state index in [4.69, 9.17) is 0 Å². The first kappa shape index (κ1) is 8.97. The summed E-state index contributed by atoms with van der Waals surface area (Å²) >= 11 is 0. The molecule has 0 fully saturated rings. The summed E-state index contributed by atoms with van der Waals surface area (Å²) in [6.07, 6.45) is 0.957. The molecule has 0 amide bonds. The highest BCUT2D eigenvalue weighted by atomic mass is 19.2. The van der Waals surface area contributed by atoms with Crippen molar-refractivity contribution in [1.29, 1.82) is 0 Å². The molecule has 0 atom stereocenters. The number of anilines is 1. The number of hydrogen-bond donors (Lipinski definition) is 1. The molecule has 1 aromatic rings. The van der Waals surface area contributed by atoms with E-state index in [1.807, 2.05) is 6.92 Å². The summed E-state index contributed by atoms with van der Waals surface area (Å²) in [6, 6.07) is 3.80. The van der Waals surface area contributed by atoms with E-state index in [0.717, 1.165) is 25.1 Å². The average molecular weight is 171 g/mol. The minimum atomic E-state index is -0.809. The molecule has 0 aliphatic heterocycles. The quantitative estimate of drug-likeness (QED) is 0.737. The first-order valence-corrected chi connectivity index (χ1v) is 3.93. The van der Waals surface area contributed by atoms with Crippen LogP contribution in [0.5, 0.6) is 0 Å². The van der Waals surface area contributed by atoms with Gasteiger partial charge < -0.3 is 5.32 Å². The molecule has 0 aromatic heterocycles. The summed E-state index contributed by atoms with van der Waals surface area (Å²) < 4.78 is 25.0. The predicted octanol–water partition coefficient (Wildman–Crippen LogP) is 2.79. The van der Waals surface area contributed by atoms with Crippen molar-refractivity contribution in [3.05, 3.63) is 29.8 Å².